The molecule has 0 spiro atoms. The molecule has 0 bridgehead atoms. The summed E-state index contributed by atoms with van der Waals surface area (Å²) < 4.78 is 7.61. The largest absolute Gasteiger partial charge is 0.484 e. The Morgan fingerprint density at radius 3 is 2.55 bits per heavy atom. The first-order valence-electron chi connectivity index (χ1n) is 11.9. The minimum absolute atomic E-state index is 0.0694. The quantitative estimate of drug-likeness (QED) is 0.299. The first-order chi connectivity index (χ1) is 18.0. The SMILES string of the molecule is Cc1c(N2CC(C)(Oc3ccccc3)C2)nc2c([C@@H](C)Nc3ccc(Cl)nc3C(=O)O)cc(Cl)cn2c1=O. The average molecular weight is 554 g/mol. The number of carboxylic acids is 1. The molecule has 0 aliphatic carbocycles. The Morgan fingerprint density at radius 2 is 1.87 bits per heavy atom. The number of hydrogen-bond acceptors (Lipinski definition) is 7. The smallest absolute Gasteiger partial charge is 0.356 e. The van der Waals surface area contributed by atoms with Gasteiger partial charge in [0.15, 0.2) is 5.69 Å². The van der Waals surface area contributed by atoms with E-state index in [9.17, 15) is 14.7 Å². The molecular weight excluding hydrogens is 529 g/mol. The van der Waals surface area contributed by atoms with Crippen LogP contribution in [0.5, 0.6) is 5.75 Å². The van der Waals surface area contributed by atoms with Crippen molar-refractivity contribution in [3.8, 4) is 5.75 Å². The van der Waals surface area contributed by atoms with Crippen LogP contribution in [0.1, 0.15) is 41.5 Å². The van der Waals surface area contributed by atoms with Gasteiger partial charge in [0.1, 0.15) is 28.0 Å². The fourth-order valence-electron chi connectivity index (χ4n) is 4.71. The van der Waals surface area contributed by atoms with Crippen LogP contribution in [0, 0.1) is 6.92 Å². The summed E-state index contributed by atoms with van der Waals surface area (Å²) in [4.78, 5) is 35.9. The molecule has 11 heteroatoms. The number of carboxylic acid groups (broad SMARTS) is 1. The Labute approximate surface area is 228 Å². The van der Waals surface area contributed by atoms with E-state index in [1.54, 1.807) is 19.1 Å². The first kappa shape index (κ1) is 25.8. The zero-order chi connectivity index (χ0) is 27.2. The molecule has 1 aliphatic heterocycles. The highest BCUT2D eigenvalue weighted by atomic mass is 35.5. The Bertz CT molecular complexity index is 1600. The molecule has 1 aliphatic rings. The molecule has 5 rings (SSSR count). The standard InChI is InChI=1S/C27H25Cl2N5O4/c1-15-23(33-13-27(3,14-33)38-18-7-5-4-6-8-18)32-24-19(11-17(28)12-34(24)25(15)35)16(2)30-20-9-10-21(29)31-22(20)26(36)37/h4-12,16,30H,13-14H2,1-3H3,(H,36,37)/t16-/m1/s1. The van der Waals surface area contributed by atoms with Gasteiger partial charge in [-0.1, -0.05) is 41.4 Å². The summed E-state index contributed by atoms with van der Waals surface area (Å²) in [5, 5.41) is 13.1. The lowest BCUT2D eigenvalue weighted by Crippen LogP contribution is -2.64. The van der Waals surface area contributed by atoms with Gasteiger partial charge in [-0.3, -0.25) is 9.20 Å². The van der Waals surface area contributed by atoms with Crippen LogP contribution in [0.3, 0.4) is 0 Å². The normalized spacial score (nSPS) is 15.1. The molecule has 3 aromatic heterocycles. The number of aromatic nitrogens is 3. The summed E-state index contributed by atoms with van der Waals surface area (Å²) in [6, 6.07) is 13.9. The lowest BCUT2D eigenvalue weighted by Gasteiger charge is -2.48. The van der Waals surface area contributed by atoms with E-state index in [1.807, 2.05) is 49.1 Å². The molecule has 9 nitrogen and oxygen atoms in total. The van der Waals surface area contributed by atoms with Crippen molar-refractivity contribution >= 4 is 46.3 Å². The summed E-state index contributed by atoms with van der Waals surface area (Å²) in [6.07, 6.45) is 1.53. The Balaban J connectivity index is 1.49. The molecule has 38 heavy (non-hydrogen) atoms. The molecule has 0 radical (unpaired) electrons. The number of anilines is 2. The van der Waals surface area contributed by atoms with Crippen LogP contribution >= 0.6 is 23.2 Å². The molecule has 1 saturated heterocycles. The van der Waals surface area contributed by atoms with Crippen LogP contribution < -0.4 is 20.5 Å². The molecule has 4 heterocycles. The molecule has 1 atom stereocenters. The Hall–Kier alpha value is -3.82. The van der Waals surface area contributed by atoms with E-state index in [4.69, 9.17) is 32.9 Å². The van der Waals surface area contributed by atoms with Crippen LogP contribution in [-0.2, 0) is 0 Å². The maximum Gasteiger partial charge on any atom is 0.356 e. The number of para-hydroxylation sites is 1. The van der Waals surface area contributed by atoms with Gasteiger partial charge in [-0.25, -0.2) is 14.8 Å². The number of carbonyl (C=O) groups is 1. The third kappa shape index (κ3) is 4.87. The van der Waals surface area contributed by atoms with Crippen LogP contribution in [-0.4, -0.2) is 44.1 Å². The fourth-order valence-corrected chi connectivity index (χ4v) is 5.07. The number of aromatic carboxylic acids is 1. The first-order valence-corrected chi connectivity index (χ1v) is 12.7. The van der Waals surface area contributed by atoms with E-state index in [2.05, 4.69) is 10.3 Å². The van der Waals surface area contributed by atoms with Crippen LogP contribution in [0.25, 0.3) is 5.65 Å². The molecule has 1 aromatic carbocycles. The van der Waals surface area contributed by atoms with Gasteiger partial charge >= 0.3 is 5.97 Å². The number of hydrogen-bond donors (Lipinski definition) is 2. The number of nitrogens with one attached hydrogen (secondary N) is 1. The van der Waals surface area contributed by atoms with Crippen molar-refractivity contribution in [3.05, 3.63) is 92.1 Å². The van der Waals surface area contributed by atoms with E-state index in [0.717, 1.165) is 5.75 Å². The second kappa shape index (κ2) is 9.81. The summed E-state index contributed by atoms with van der Waals surface area (Å²) in [5.41, 5.74) is 0.926. The Morgan fingerprint density at radius 1 is 1.16 bits per heavy atom. The molecule has 4 aromatic rings. The average Bonchev–Trinajstić information content (AvgIpc) is 2.86. The van der Waals surface area contributed by atoms with E-state index in [-0.39, 0.29) is 22.1 Å². The van der Waals surface area contributed by atoms with Gasteiger partial charge in [-0.15, -0.1) is 0 Å². The highest BCUT2D eigenvalue weighted by Gasteiger charge is 2.42. The van der Waals surface area contributed by atoms with Crippen molar-refractivity contribution < 1.29 is 14.6 Å². The minimum atomic E-state index is -1.22. The van der Waals surface area contributed by atoms with Crippen LogP contribution in [0.2, 0.25) is 10.2 Å². The third-order valence-electron chi connectivity index (χ3n) is 6.48. The summed E-state index contributed by atoms with van der Waals surface area (Å²) >= 11 is 12.3. The lowest BCUT2D eigenvalue weighted by atomic mass is 9.95. The van der Waals surface area contributed by atoms with Crippen molar-refractivity contribution in [2.75, 3.05) is 23.3 Å². The summed E-state index contributed by atoms with van der Waals surface area (Å²) in [7, 11) is 0. The molecule has 196 valence electrons. The zero-order valence-corrected chi connectivity index (χ0v) is 22.4. The van der Waals surface area contributed by atoms with Crippen molar-refractivity contribution in [1.82, 2.24) is 14.4 Å². The predicted octanol–water partition coefficient (Wildman–Crippen LogP) is 5.23. The van der Waals surface area contributed by atoms with Gasteiger partial charge in [0.25, 0.3) is 5.56 Å². The summed E-state index contributed by atoms with van der Waals surface area (Å²) in [6.45, 7) is 6.70. The molecular formula is C27H25Cl2N5O4. The van der Waals surface area contributed by atoms with Gasteiger partial charge in [-0.05, 0) is 51.1 Å². The second-order valence-corrected chi connectivity index (χ2v) is 10.4. The minimum Gasteiger partial charge on any atom is -0.484 e. The van der Waals surface area contributed by atoms with Crippen LogP contribution in [0.4, 0.5) is 11.5 Å². The van der Waals surface area contributed by atoms with E-state index in [0.29, 0.717) is 40.7 Å². The molecule has 0 unspecified atom stereocenters. The fraction of sp³-hybridized carbons (Fsp3) is 0.259. The second-order valence-electron chi connectivity index (χ2n) is 9.60. The Kier molecular flexibility index (Phi) is 6.66. The van der Waals surface area contributed by atoms with Crippen molar-refractivity contribution in [2.24, 2.45) is 0 Å². The number of pyridine rings is 2. The number of halogens is 2. The number of ether oxygens (including phenoxy) is 1. The van der Waals surface area contributed by atoms with Gasteiger partial charge in [0.2, 0.25) is 0 Å². The maximum atomic E-state index is 13.4. The van der Waals surface area contributed by atoms with Gasteiger partial charge in [0, 0.05) is 11.8 Å². The molecule has 0 saturated carbocycles. The number of nitrogens with zero attached hydrogens (tertiary/aromatic N) is 4. The van der Waals surface area contributed by atoms with Crippen molar-refractivity contribution in [2.45, 2.75) is 32.4 Å². The van der Waals surface area contributed by atoms with Gasteiger partial charge in [-0.2, -0.15) is 0 Å². The monoisotopic (exact) mass is 553 g/mol. The highest BCUT2D eigenvalue weighted by Crippen LogP contribution is 2.33. The highest BCUT2D eigenvalue weighted by molar-refractivity contribution is 6.30. The van der Waals surface area contributed by atoms with Crippen molar-refractivity contribution in [1.29, 1.82) is 0 Å². The number of benzene rings is 1. The zero-order valence-electron chi connectivity index (χ0n) is 20.9. The van der Waals surface area contributed by atoms with Gasteiger partial charge in [0.05, 0.1) is 35.4 Å². The van der Waals surface area contributed by atoms with Crippen LogP contribution in [0.15, 0.2) is 59.5 Å². The predicted molar refractivity (Wildman–Crippen MR) is 147 cm³/mol. The van der Waals surface area contributed by atoms with Crippen molar-refractivity contribution in [3.63, 3.8) is 0 Å². The lowest BCUT2D eigenvalue weighted by molar-refractivity contribution is 0.0574. The van der Waals surface area contributed by atoms with E-state index in [1.165, 1.54) is 16.7 Å². The topological polar surface area (TPSA) is 109 Å². The molecule has 1 fully saturated rings. The number of fused-ring (bicyclic) bond motifs is 1. The van der Waals surface area contributed by atoms with Gasteiger partial charge < -0.3 is 20.1 Å². The van der Waals surface area contributed by atoms with E-state index < -0.39 is 17.6 Å². The number of rotatable bonds is 7. The third-order valence-corrected chi connectivity index (χ3v) is 6.90. The summed E-state index contributed by atoms with van der Waals surface area (Å²) in [5.74, 6) is 0.135. The van der Waals surface area contributed by atoms with E-state index >= 15 is 0 Å². The molecule has 0 amide bonds. The molecule has 2 N–H and O–H groups in total. The maximum absolute atomic E-state index is 13.4.